The van der Waals surface area contributed by atoms with Crippen LogP contribution in [0.4, 0.5) is 5.69 Å². The van der Waals surface area contributed by atoms with Crippen molar-refractivity contribution in [2.24, 2.45) is 5.10 Å². The SMILES string of the molecule is CCOc1cc(C=Nn2c(-c3ccccc3)nc3ccccc3c2=O)cc(Br)c1OCc1ccc([N+](=O)[O-])cc1. The van der Waals surface area contributed by atoms with Crippen LogP contribution in [0.5, 0.6) is 11.5 Å². The van der Waals surface area contributed by atoms with Crippen molar-refractivity contribution in [3.8, 4) is 22.9 Å². The first kappa shape index (κ1) is 26.8. The zero-order valence-electron chi connectivity index (χ0n) is 21.4. The fourth-order valence-corrected chi connectivity index (χ4v) is 4.64. The van der Waals surface area contributed by atoms with Crippen molar-refractivity contribution in [2.45, 2.75) is 13.5 Å². The average Bonchev–Trinajstić information content (AvgIpc) is 2.97. The van der Waals surface area contributed by atoms with E-state index in [0.29, 0.717) is 44.9 Å². The average molecular weight is 599 g/mol. The number of ether oxygens (including phenoxy) is 2. The summed E-state index contributed by atoms with van der Waals surface area (Å²) >= 11 is 3.56. The number of rotatable bonds is 9. The molecule has 9 nitrogen and oxygen atoms in total. The summed E-state index contributed by atoms with van der Waals surface area (Å²) < 4.78 is 13.8. The van der Waals surface area contributed by atoms with Gasteiger partial charge < -0.3 is 9.47 Å². The summed E-state index contributed by atoms with van der Waals surface area (Å²) in [7, 11) is 0. The number of halogens is 1. The highest BCUT2D eigenvalue weighted by Gasteiger charge is 2.15. The molecule has 0 N–H and O–H groups in total. The summed E-state index contributed by atoms with van der Waals surface area (Å²) in [6.45, 7) is 2.44. The summed E-state index contributed by atoms with van der Waals surface area (Å²) in [5.41, 5.74) is 2.51. The summed E-state index contributed by atoms with van der Waals surface area (Å²) in [6.07, 6.45) is 1.57. The van der Waals surface area contributed by atoms with Gasteiger partial charge in [-0.1, -0.05) is 42.5 Å². The Hall–Kier alpha value is -4.83. The molecule has 5 rings (SSSR count). The van der Waals surface area contributed by atoms with Crippen molar-refractivity contribution >= 4 is 38.7 Å². The predicted octanol–water partition coefficient (Wildman–Crippen LogP) is 6.59. The summed E-state index contributed by atoms with van der Waals surface area (Å²) in [5, 5.41) is 15.9. The fraction of sp³-hybridized carbons (Fsp3) is 0.100. The number of aromatic nitrogens is 2. The highest BCUT2D eigenvalue weighted by molar-refractivity contribution is 9.10. The molecule has 1 heterocycles. The van der Waals surface area contributed by atoms with E-state index in [4.69, 9.17) is 14.5 Å². The van der Waals surface area contributed by atoms with Crippen molar-refractivity contribution < 1.29 is 14.4 Å². The van der Waals surface area contributed by atoms with Crippen LogP contribution in [-0.2, 0) is 6.61 Å². The van der Waals surface area contributed by atoms with E-state index in [-0.39, 0.29) is 17.9 Å². The second-order valence-electron chi connectivity index (χ2n) is 8.66. The molecule has 0 aliphatic carbocycles. The Morgan fingerprint density at radius 1 is 1.00 bits per heavy atom. The Morgan fingerprint density at radius 2 is 1.73 bits per heavy atom. The lowest BCUT2D eigenvalue weighted by molar-refractivity contribution is -0.384. The van der Waals surface area contributed by atoms with Crippen LogP contribution in [-0.4, -0.2) is 27.4 Å². The van der Waals surface area contributed by atoms with Gasteiger partial charge in [-0.05, 0) is 70.4 Å². The van der Waals surface area contributed by atoms with Crippen LogP contribution in [0.1, 0.15) is 18.1 Å². The highest BCUT2D eigenvalue weighted by Crippen LogP contribution is 2.37. The topological polar surface area (TPSA) is 109 Å². The largest absolute Gasteiger partial charge is 0.490 e. The Balaban J connectivity index is 1.49. The summed E-state index contributed by atoms with van der Waals surface area (Å²) in [6, 6.07) is 26.3. The Labute approximate surface area is 237 Å². The van der Waals surface area contributed by atoms with Crippen LogP contribution in [0.25, 0.3) is 22.3 Å². The highest BCUT2D eigenvalue weighted by atomic mass is 79.9. The van der Waals surface area contributed by atoms with Crippen molar-refractivity contribution in [1.82, 2.24) is 9.66 Å². The molecule has 0 amide bonds. The lowest BCUT2D eigenvalue weighted by atomic mass is 10.2. The minimum Gasteiger partial charge on any atom is -0.490 e. The number of non-ortho nitro benzene ring substituents is 1. The van der Waals surface area contributed by atoms with Gasteiger partial charge in [0.15, 0.2) is 17.3 Å². The molecule has 200 valence electrons. The molecule has 5 aromatic rings. The third-order valence-corrected chi connectivity index (χ3v) is 6.56. The molecular formula is C30H23BrN4O5. The van der Waals surface area contributed by atoms with E-state index in [1.807, 2.05) is 43.3 Å². The lowest BCUT2D eigenvalue weighted by Crippen LogP contribution is -2.20. The van der Waals surface area contributed by atoms with Gasteiger partial charge in [0.05, 0.1) is 33.1 Å². The minimum atomic E-state index is -0.445. The van der Waals surface area contributed by atoms with Gasteiger partial charge in [-0.25, -0.2) is 4.98 Å². The number of hydrogen-bond donors (Lipinski definition) is 0. The summed E-state index contributed by atoms with van der Waals surface area (Å²) in [4.78, 5) is 28.6. The van der Waals surface area contributed by atoms with Gasteiger partial charge in [0.25, 0.3) is 11.2 Å². The lowest BCUT2D eigenvalue weighted by Gasteiger charge is -2.15. The molecule has 0 unspecified atom stereocenters. The maximum atomic E-state index is 13.4. The molecule has 0 fully saturated rings. The van der Waals surface area contributed by atoms with Crippen LogP contribution in [0, 0.1) is 10.1 Å². The number of para-hydroxylation sites is 1. The number of benzene rings is 4. The van der Waals surface area contributed by atoms with Crippen LogP contribution < -0.4 is 15.0 Å². The first-order chi connectivity index (χ1) is 19.4. The summed E-state index contributed by atoms with van der Waals surface area (Å²) in [5.74, 6) is 1.38. The maximum Gasteiger partial charge on any atom is 0.282 e. The standard InChI is InChI=1S/C30H23BrN4O5/c1-2-39-27-17-21(16-25(31)28(27)40-19-20-12-14-23(15-13-20)35(37)38)18-32-34-29(22-8-4-3-5-9-22)33-26-11-7-6-10-24(26)30(34)36/h3-18H,2,19H2,1H3. The normalized spacial score (nSPS) is 11.2. The monoisotopic (exact) mass is 598 g/mol. The second-order valence-corrected chi connectivity index (χ2v) is 9.51. The molecule has 0 saturated carbocycles. The number of fused-ring (bicyclic) bond motifs is 1. The zero-order chi connectivity index (χ0) is 28.1. The van der Waals surface area contributed by atoms with E-state index in [9.17, 15) is 14.9 Å². The van der Waals surface area contributed by atoms with E-state index in [0.717, 1.165) is 11.1 Å². The first-order valence-corrected chi connectivity index (χ1v) is 13.2. The van der Waals surface area contributed by atoms with Gasteiger partial charge in [0, 0.05) is 17.7 Å². The third-order valence-electron chi connectivity index (χ3n) is 5.97. The molecule has 0 aliphatic heterocycles. The van der Waals surface area contributed by atoms with Gasteiger partial charge in [0.2, 0.25) is 0 Å². The second kappa shape index (κ2) is 11.9. The molecule has 40 heavy (non-hydrogen) atoms. The van der Waals surface area contributed by atoms with Crippen molar-refractivity contribution in [3.05, 3.63) is 127 Å². The van der Waals surface area contributed by atoms with Crippen LogP contribution >= 0.6 is 15.9 Å². The molecule has 0 saturated heterocycles. The Kier molecular flexibility index (Phi) is 7.97. The predicted molar refractivity (Wildman–Crippen MR) is 157 cm³/mol. The number of hydrogen-bond acceptors (Lipinski definition) is 7. The molecule has 10 heteroatoms. The fourth-order valence-electron chi connectivity index (χ4n) is 4.06. The van der Waals surface area contributed by atoms with E-state index >= 15 is 0 Å². The molecule has 0 atom stereocenters. The molecule has 4 aromatic carbocycles. The van der Waals surface area contributed by atoms with Crippen LogP contribution in [0.15, 0.2) is 105 Å². The van der Waals surface area contributed by atoms with Gasteiger partial charge in [-0.15, -0.1) is 0 Å². The van der Waals surface area contributed by atoms with E-state index in [1.54, 1.807) is 48.7 Å². The minimum absolute atomic E-state index is 0.0136. The molecular weight excluding hydrogens is 576 g/mol. The zero-order valence-corrected chi connectivity index (χ0v) is 22.9. The van der Waals surface area contributed by atoms with Gasteiger partial charge in [-0.2, -0.15) is 9.78 Å². The Bertz CT molecular complexity index is 1770. The number of nitrogens with zero attached hydrogens (tertiary/aromatic N) is 4. The van der Waals surface area contributed by atoms with E-state index in [1.165, 1.54) is 16.8 Å². The van der Waals surface area contributed by atoms with Gasteiger partial charge >= 0.3 is 0 Å². The molecule has 0 spiro atoms. The molecule has 0 bridgehead atoms. The molecule has 0 radical (unpaired) electrons. The molecule has 1 aromatic heterocycles. The van der Waals surface area contributed by atoms with Crippen molar-refractivity contribution in [1.29, 1.82) is 0 Å². The third kappa shape index (κ3) is 5.76. The van der Waals surface area contributed by atoms with Crippen molar-refractivity contribution in [2.75, 3.05) is 6.61 Å². The molecule has 0 aliphatic rings. The Morgan fingerprint density at radius 3 is 2.45 bits per heavy atom. The van der Waals surface area contributed by atoms with Crippen LogP contribution in [0.2, 0.25) is 0 Å². The van der Waals surface area contributed by atoms with Gasteiger partial charge in [-0.3, -0.25) is 14.9 Å². The first-order valence-electron chi connectivity index (χ1n) is 12.4. The number of nitro groups is 1. The van der Waals surface area contributed by atoms with E-state index < -0.39 is 4.92 Å². The van der Waals surface area contributed by atoms with Crippen molar-refractivity contribution in [3.63, 3.8) is 0 Å². The van der Waals surface area contributed by atoms with E-state index in [2.05, 4.69) is 21.0 Å². The smallest absolute Gasteiger partial charge is 0.282 e. The number of nitro benzene ring substituents is 1. The van der Waals surface area contributed by atoms with Crippen LogP contribution in [0.3, 0.4) is 0 Å². The quantitative estimate of drug-likeness (QED) is 0.107. The maximum absolute atomic E-state index is 13.4. The van der Waals surface area contributed by atoms with Gasteiger partial charge in [0.1, 0.15) is 6.61 Å².